The van der Waals surface area contributed by atoms with E-state index in [1.807, 2.05) is 37.6 Å². The number of anilines is 1. The molecule has 1 aliphatic rings. The number of aromatic nitrogens is 3. The molecule has 7 nitrogen and oxygen atoms in total. The van der Waals surface area contributed by atoms with Gasteiger partial charge in [0.15, 0.2) is 0 Å². The second kappa shape index (κ2) is 9.80. The number of nitrogens with zero attached hydrogens (tertiary/aromatic N) is 5. The van der Waals surface area contributed by atoms with E-state index in [1.54, 1.807) is 16.8 Å². The van der Waals surface area contributed by atoms with Gasteiger partial charge in [-0.1, -0.05) is 12.1 Å². The zero-order valence-corrected chi connectivity index (χ0v) is 18.2. The molecule has 3 aromatic rings. The maximum absolute atomic E-state index is 13.1. The van der Waals surface area contributed by atoms with E-state index in [4.69, 9.17) is 0 Å². The van der Waals surface area contributed by atoms with Gasteiger partial charge in [-0.2, -0.15) is 5.10 Å². The van der Waals surface area contributed by atoms with Crippen LogP contribution in [0.4, 0.5) is 15.0 Å². The summed E-state index contributed by atoms with van der Waals surface area (Å²) in [6.45, 7) is 2.64. The molecule has 1 aromatic carbocycles. The second-order valence-electron chi connectivity index (χ2n) is 8.32. The Bertz CT molecular complexity index is 1030. The van der Waals surface area contributed by atoms with Crippen LogP contribution in [0.5, 0.6) is 0 Å². The Morgan fingerprint density at radius 2 is 1.84 bits per heavy atom. The van der Waals surface area contributed by atoms with Gasteiger partial charge in [0.05, 0.1) is 12.2 Å². The highest BCUT2D eigenvalue weighted by atomic mass is 19.1. The van der Waals surface area contributed by atoms with Gasteiger partial charge in [-0.15, -0.1) is 0 Å². The number of carboxylic acid groups (broad SMARTS) is 1. The van der Waals surface area contributed by atoms with Gasteiger partial charge in [-0.3, -0.25) is 4.68 Å². The van der Waals surface area contributed by atoms with Crippen LogP contribution < -0.4 is 4.90 Å². The zero-order chi connectivity index (χ0) is 22.5. The molecule has 2 aromatic heterocycles. The van der Waals surface area contributed by atoms with Crippen molar-refractivity contribution in [2.45, 2.75) is 25.8 Å². The van der Waals surface area contributed by atoms with Crippen LogP contribution in [-0.4, -0.2) is 50.5 Å². The monoisotopic (exact) mass is 437 g/mol. The van der Waals surface area contributed by atoms with Gasteiger partial charge in [0.25, 0.3) is 0 Å². The number of benzene rings is 1. The molecular formula is C24H28FN5O2. The Morgan fingerprint density at radius 3 is 2.44 bits per heavy atom. The number of hydrogen-bond donors (Lipinski definition) is 1. The fourth-order valence-corrected chi connectivity index (χ4v) is 4.16. The molecule has 4 rings (SSSR count). The fraction of sp³-hybridized carbons (Fsp3) is 0.375. The maximum atomic E-state index is 13.1. The first kappa shape index (κ1) is 21.8. The second-order valence-corrected chi connectivity index (χ2v) is 8.32. The molecule has 0 atom stereocenters. The van der Waals surface area contributed by atoms with E-state index in [0.29, 0.717) is 19.0 Å². The first-order valence-corrected chi connectivity index (χ1v) is 10.9. The predicted molar refractivity (Wildman–Crippen MR) is 121 cm³/mol. The Morgan fingerprint density at radius 1 is 1.12 bits per heavy atom. The molecular weight excluding hydrogens is 409 g/mol. The lowest BCUT2D eigenvalue weighted by atomic mass is 9.93. The van der Waals surface area contributed by atoms with Gasteiger partial charge in [-0.05, 0) is 61.1 Å². The third-order valence-electron chi connectivity index (χ3n) is 6.06. The molecule has 1 amide bonds. The predicted octanol–water partition coefficient (Wildman–Crippen LogP) is 4.41. The van der Waals surface area contributed by atoms with Gasteiger partial charge >= 0.3 is 6.09 Å². The quantitative estimate of drug-likeness (QED) is 0.593. The van der Waals surface area contributed by atoms with E-state index in [2.05, 4.69) is 15.0 Å². The molecule has 0 bridgehead atoms. The topological polar surface area (TPSA) is 74.5 Å². The third-order valence-corrected chi connectivity index (χ3v) is 6.06. The molecule has 1 saturated heterocycles. The van der Waals surface area contributed by atoms with E-state index >= 15 is 0 Å². The lowest BCUT2D eigenvalue weighted by Crippen LogP contribution is -2.36. The third kappa shape index (κ3) is 5.43. The summed E-state index contributed by atoms with van der Waals surface area (Å²) < 4.78 is 14.8. The van der Waals surface area contributed by atoms with Crippen LogP contribution in [0.3, 0.4) is 0 Å². The molecule has 0 radical (unpaired) electrons. The van der Waals surface area contributed by atoms with Gasteiger partial charge < -0.3 is 14.9 Å². The average molecular weight is 438 g/mol. The van der Waals surface area contributed by atoms with Crippen molar-refractivity contribution in [2.75, 3.05) is 24.5 Å². The SMILES string of the molecule is Cn1ccc(CN(CCC2CCN(c3ccc(-c4ccc(F)cc4)cn3)CC2)C(=O)O)n1. The molecule has 1 fully saturated rings. The summed E-state index contributed by atoms with van der Waals surface area (Å²) >= 11 is 0. The van der Waals surface area contributed by atoms with E-state index in [0.717, 1.165) is 55.0 Å². The smallest absolute Gasteiger partial charge is 0.407 e. The van der Waals surface area contributed by atoms with Crippen molar-refractivity contribution in [3.05, 3.63) is 66.4 Å². The lowest BCUT2D eigenvalue weighted by molar-refractivity contribution is 0.137. The highest BCUT2D eigenvalue weighted by Crippen LogP contribution is 2.26. The summed E-state index contributed by atoms with van der Waals surface area (Å²) in [4.78, 5) is 20.0. The summed E-state index contributed by atoms with van der Waals surface area (Å²) in [5.74, 6) is 1.19. The van der Waals surface area contributed by atoms with Crippen molar-refractivity contribution >= 4 is 11.9 Å². The van der Waals surface area contributed by atoms with Gasteiger partial charge in [0.2, 0.25) is 0 Å². The summed E-state index contributed by atoms with van der Waals surface area (Å²) in [6.07, 6.45) is 5.63. The zero-order valence-electron chi connectivity index (χ0n) is 18.2. The first-order valence-electron chi connectivity index (χ1n) is 10.9. The van der Waals surface area contributed by atoms with E-state index in [9.17, 15) is 14.3 Å². The largest absolute Gasteiger partial charge is 0.465 e. The van der Waals surface area contributed by atoms with Gasteiger partial charge in [0.1, 0.15) is 11.6 Å². The Balaban J connectivity index is 1.27. The van der Waals surface area contributed by atoms with Crippen molar-refractivity contribution in [1.29, 1.82) is 0 Å². The highest BCUT2D eigenvalue weighted by Gasteiger charge is 2.22. The van der Waals surface area contributed by atoms with Crippen LogP contribution in [0.2, 0.25) is 0 Å². The van der Waals surface area contributed by atoms with Crippen molar-refractivity contribution in [2.24, 2.45) is 13.0 Å². The minimum atomic E-state index is -0.904. The van der Waals surface area contributed by atoms with Crippen molar-refractivity contribution in [1.82, 2.24) is 19.7 Å². The van der Waals surface area contributed by atoms with Crippen LogP contribution in [0, 0.1) is 11.7 Å². The molecule has 0 spiro atoms. The number of carbonyl (C=O) groups is 1. The number of aryl methyl sites for hydroxylation is 1. The Labute approximate surface area is 187 Å². The summed E-state index contributed by atoms with van der Waals surface area (Å²) in [5.41, 5.74) is 2.67. The summed E-state index contributed by atoms with van der Waals surface area (Å²) in [6, 6.07) is 12.3. The van der Waals surface area contributed by atoms with E-state index < -0.39 is 6.09 Å². The van der Waals surface area contributed by atoms with Crippen molar-refractivity contribution in [3.63, 3.8) is 0 Å². The lowest BCUT2D eigenvalue weighted by Gasteiger charge is -2.33. The minimum Gasteiger partial charge on any atom is -0.465 e. The Hall–Kier alpha value is -3.42. The molecule has 0 aliphatic carbocycles. The average Bonchev–Trinajstić information content (AvgIpc) is 3.22. The molecule has 32 heavy (non-hydrogen) atoms. The van der Waals surface area contributed by atoms with Crippen LogP contribution in [0.1, 0.15) is 25.0 Å². The van der Waals surface area contributed by atoms with E-state index in [1.165, 1.54) is 17.0 Å². The standard InChI is InChI=1S/C24H28FN5O2/c1-28-12-11-22(27-28)17-30(24(31)32)15-10-18-8-13-29(14-9-18)23-7-4-20(16-26-23)19-2-5-21(25)6-3-19/h2-7,11-12,16,18H,8-10,13-15,17H2,1H3,(H,31,32). The molecule has 1 aliphatic heterocycles. The van der Waals surface area contributed by atoms with Crippen LogP contribution in [0.25, 0.3) is 11.1 Å². The normalized spacial score (nSPS) is 14.5. The Kier molecular flexibility index (Phi) is 6.68. The molecule has 0 saturated carbocycles. The number of piperidine rings is 1. The van der Waals surface area contributed by atoms with Crippen molar-refractivity contribution < 1.29 is 14.3 Å². The van der Waals surface area contributed by atoms with Crippen molar-refractivity contribution in [3.8, 4) is 11.1 Å². The van der Waals surface area contributed by atoms with Gasteiger partial charge in [0, 0.05) is 44.6 Å². The fourth-order valence-electron chi connectivity index (χ4n) is 4.16. The van der Waals surface area contributed by atoms with Crippen LogP contribution in [0.15, 0.2) is 54.9 Å². The maximum Gasteiger partial charge on any atom is 0.407 e. The van der Waals surface area contributed by atoms with Crippen LogP contribution >= 0.6 is 0 Å². The highest BCUT2D eigenvalue weighted by molar-refractivity contribution is 5.65. The first-order chi connectivity index (χ1) is 15.5. The molecule has 168 valence electrons. The number of halogens is 1. The number of rotatable bonds is 7. The van der Waals surface area contributed by atoms with Crippen LogP contribution in [-0.2, 0) is 13.6 Å². The number of hydrogen-bond acceptors (Lipinski definition) is 4. The van der Waals surface area contributed by atoms with Gasteiger partial charge in [-0.25, -0.2) is 14.2 Å². The summed E-state index contributed by atoms with van der Waals surface area (Å²) in [5, 5.41) is 13.8. The van der Waals surface area contributed by atoms with E-state index in [-0.39, 0.29) is 5.82 Å². The minimum absolute atomic E-state index is 0.246. The molecule has 3 heterocycles. The molecule has 8 heteroatoms. The number of pyridine rings is 1. The molecule has 1 N–H and O–H groups in total. The summed E-state index contributed by atoms with van der Waals surface area (Å²) in [7, 11) is 1.83. The molecule has 0 unspecified atom stereocenters. The number of amides is 1.